The van der Waals surface area contributed by atoms with Crippen LogP contribution in [0.3, 0.4) is 0 Å². The van der Waals surface area contributed by atoms with Crippen molar-refractivity contribution in [1.82, 2.24) is 24.1 Å². The first-order valence-corrected chi connectivity index (χ1v) is 10.3. The summed E-state index contributed by atoms with van der Waals surface area (Å²) in [6.45, 7) is 4.69. The average Bonchev–Trinajstić information content (AvgIpc) is 3.04. The monoisotopic (exact) mass is 447 g/mol. The molecule has 0 fully saturated rings. The maximum Gasteiger partial charge on any atom is 0.265 e. The van der Waals surface area contributed by atoms with Gasteiger partial charge in [-0.1, -0.05) is 35.0 Å². The average molecular weight is 448 g/mol. The van der Waals surface area contributed by atoms with Crippen molar-refractivity contribution in [2.75, 3.05) is 0 Å². The Hall–Kier alpha value is -3.06. The van der Waals surface area contributed by atoms with E-state index < -0.39 is 0 Å². The van der Waals surface area contributed by atoms with Gasteiger partial charge < -0.3 is 0 Å². The molecule has 0 aliphatic rings. The number of benzene rings is 2. The maximum atomic E-state index is 13.3. The van der Waals surface area contributed by atoms with Crippen LogP contribution in [0.1, 0.15) is 18.9 Å². The summed E-state index contributed by atoms with van der Waals surface area (Å²) in [5.41, 5.74) is 5.25. The molecule has 0 spiro atoms. The van der Waals surface area contributed by atoms with E-state index in [2.05, 4.69) is 27.0 Å². The smallest absolute Gasteiger partial charge is 0.265 e. The van der Waals surface area contributed by atoms with Crippen molar-refractivity contribution in [2.45, 2.75) is 26.8 Å². The number of hydrogen-bond donors (Lipinski definition) is 0. The molecule has 3 heterocycles. The van der Waals surface area contributed by atoms with E-state index in [1.54, 1.807) is 10.9 Å². The Labute approximate surface area is 175 Å². The normalized spacial score (nSPS) is 11.7. The molecule has 5 rings (SSSR count). The number of halogens is 1. The van der Waals surface area contributed by atoms with Gasteiger partial charge in [-0.05, 0) is 49.2 Å². The summed E-state index contributed by atoms with van der Waals surface area (Å²) in [7, 11) is 0. The van der Waals surface area contributed by atoms with E-state index in [0.29, 0.717) is 28.7 Å². The number of aromatic nitrogens is 5. The highest BCUT2D eigenvalue weighted by Gasteiger charge is 2.20. The van der Waals surface area contributed by atoms with Crippen LogP contribution in [0.4, 0.5) is 0 Å². The summed E-state index contributed by atoms with van der Waals surface area (Å²) in [4.78, 5) is 27.6. The highest BCUT2D eigenvalue weighted by atomic mass is 79.9. The number of para-hydroxylation sites is 2. The van der Waals surface area contributed by atoms with Gasteiger partial charge in [-0.3, -0.25) is 13.9 Å². The third-order valence-electron chi connectivity index (χ3n) is 5.09. The fraction of sp³-hybridized carbons (Fsp3) is 0.182. The summed E-state index contributed by atoms with van der Waals surface area (Å²) in [5, 5.41) is 0.509. The van der Waals surface area contributed by atoms with E-state index in [9.17, 15) is 4.79 Å². The zero-order chi connectivity index (χ0) is 20.1. The molecule has 0 atom stereocenters. The molecule has 0 N–H and O–H groups in total. The van der Waals surface area contributed by atoms with Crippen LogP contribution in [0.15, 0.2) is 58.1 Å². The second kappa shape index (κ2) is 6.77. The van der Waals surface area contributed by atoms with Crippen LogP contribution in [0.25, 0.3) is 38.9 Å². The summed E-state index contributed by atoms with van der Waals surface area (Å²) in [6.07, 6.45) is 2.47. The van der Waals surface area contributed by atoms with Gasteiger partial charge in [-0.15, -0.1) is 0 Å². The summed E-state index contributed by atoms with van der Waals surface area (Å²) in [6, 6.07) is 13.7. The van der Waals surface area contributed by atoms with Crippen molar-refractivity contribution < 1.29 is 0 Å². The van der Waals surface area contributed by atoms with Gasteiger partial charge in [0.25, 0.3) is 5.56 Å². The number of aryl methyl sites for hydroxylation is 2. The molecule has 0 saturated carbocycles. The topological polar surface area (TPSA) is 65.6 Å². The third-order valence-corrected chi connectivity index (χ3v) is 5.98. The molecule has 0 saturated heterocycles. The molecule has 0 aliphatic heterocycles. The first kappa shape index (κ1) is 18.0. The first-order chi connectivity index (χ1) is 14.1. The van der Waals surface area contributed by atoms with Crippen LogP contribution >= 0.6 is 15.9 Å². The fourth-order valence-electron chi connectivity index (χ4n) is 3.68. The largest absolute Gasteiger partial charge is 0.299 e. The molecule has 29 heavy (non-hydrogen) atoms. The SMILES string of the molecule is CCCn1cnc2c(c1=O)c1nc3ccccc3nc1n2-c1ccc(Br)c(C)c1. The minimum atomic E-state index is -0.0842. The Balaban J connectivity index is 1.98. The van der Waals surface area contributed by atoms with Crippen molar-refractivity contribution in [3.63, 3.8) is 0 Å². The Bertz CT molecular complexity index is 1470. The van der Waals surface area contributed by atoms with Crippen molar-refractivity contribution in [3.8, 4) is 5.69 Å². The predicted octanol–water partition coefficient (Wildman–Crippen LogP) is 4.76. The highest BCUT2D eigenvalue weighted by molar-refractivity contribution is 9.10. The number of nitrogens with zero attached hydrogens (tertiary/aromatic N) is 5. The van der Waals surface area contributed by atoms with Gasteiger partial charge >= 0.3 is 0 Å². The second-order valence-corrected chi connectivity index (χ2v) is 7.95. The Morgan fingerprint density at radius 2 is 1.79 bits per heavy atom. The fourth-order valence-corrected chi connectivity index (χ4v) is 3.93. The first-order valence-electron chi connectivity index (χ1n) is 9.51. The molecule has 2 aromatic carbocycles. The van der Waals surface area contributed by atoms with Crippen LogP contribution in [0.2, 0.25) is 0 Å². The maximum absolute atomic E-state index is 13.3. The Morgan fingerprint density at radius 3 is 2.52 bits per heavy atom. The van der Waals surface area contributed by atoms with Crippen LogP contribution in [0.5, 0.6) is 0 Å². The highest BCUT2D eigenvalue weighted by Crippen LogP contribution is 2.29. The molecule has 0 amide bonds. The number of fused-ring (bicyclic) bond motifs is 4. The molecule has 0 aliphatic carbocycles. The van der Waals surface area contributed by atoms with Crippen LogP contribution < -0.4 is 5.56 Å². The molecule has 5 aromatic rings. The minimum Gasteiger partial charge on any atom is -0.299 e. The third kappa shape index (κ3) is 2.76. The van der Waals surface area contributed by atoms with Gasteiger partial charge in [0.15, 0.2) is 11.3 Å². The molecule has 7 heteroatoms. The Kier molecular flexibility index (Phi) is 4.20. The summed E-state index contributed by atoms with van der Waals surface area (Å²) >= 11 is 3.56. The molecular weight excluding hydrogens is 430 g/mol. The lowest BCUT2D eigenvalue weighted by atomic mass is 10.2. The van der Waals surface area contributed by atoms with E-state index in [1.807, 2.05) is 54.8 Å². The molecular formula is C22H18BrN5O. The molecule has 0 bridgehead atoms. The summed E-state index contributed by atoms with van der Waals surface area (Å²) < 4.78 is 4.61. The lowest BCUT2D eigenvalue weighted by Gasteiger charge is -2.09. The molecule has 0 unspecified atom stereocenters. The second-order valence-electron chi connectivity index (χ2n) is 7.10. The van der Waals surface area contributed by atoms with Crippen molar-refractivity contribution in [1.29, 1.82) is 0 Å². The van der Waals surface area contributed by atoms with Crippen LogP contribution in [-0.4, -0.2) is 24.1 Å². The molecule has 6 nitrogen and oxygen atoms in total. The van der Waals surface area contributed by atoms with Gasteiger partial charge in [0.05, 0.1) is 17.4 Å². The molecule has 144 valence electrons. The minimum absolute atomic E-state index is 0.0842. The van der Waals surface area contributed by atoms with Gasteiger partial charge in [-0.25, -0.2) is 15.0 Å². The van der Waals surface area contributed by atoms with Gasteiger partial charge in [0.1, 0.15) is 10.9 Å². The quantitative estimate of drug-likeness (QED) is 0.399. The Morgan fingerprint density at radius 1 is 1.03 bits per heavy atom. The lowest BCUT2D eigenvalue weighted by Crippen LogP contribution is -2.20. The zero-order valence-electron chi connectivity index (χ0n) is 16.1. The number of rotatable bonds is 3. The number of hydrogen-bond acceptors (Lipinski definition) is 4. The van der Waals surface area contributed by atoms with Crippen molar-refractivity contribution in [2.24, 2.45) is 0 Å². The van der Waals surface area contributed by atoms with Gasteiger partial charge in [0.2, 0.25) is 0 Å². The van der Waals surface area contributed by atoms with E-state index in [0.717, 1.165) is 33.2 Å². The summed E-state index contributed by atoms with van der Waals surface area (Å²) in [5.74, 6) is 0. The molecule has 0 radical (unpaired) electrons. The van der Waals surface area contributed by atoms with E-state index in [1.165, 1.54) is 0 Å². The standard InChI is InChI=1S/C22H18BrN5O/c1-3-10-27-12-24-20-18(22(27)29)19-21(26-17-7-5-4-6-16(17)25-19)28(20)14-8-9-15(23)13(2)11-14/h4-9,11-12H,3,10H2,1-2H3. The van der Waals surface area contributed by atoms with E-state index in [4.69, 9.17) is 9.97 Å². The van der Waals surface area contributed by atoms with E-state index in [-0.39, 0.29) is 5.56 Å². The molecule has 3 aromatic heterocycles. The predicted molar refractivity (Wildman–Crippen MR) is 119 cm³/mol. The zero-order valence-corrected chi connectivity index (χ0v) is 17.6. The van der Waals surface area contributed by atoms with E-state index >= 15 is 0 Å². The van der Waals surface area contributed by atoms with Crippen molar-refractivity contribution in [3.05, 3.63) is 69.2 Å². The van der Waals surface area contributed by atoms with Gasteiger partial charge in [-0.2, -0.15) is 0 Å². The van der Waals surface area contributed by atoms with Gasteiger partial charge in [0, 0.05) is 16.7 Å². The van der Waals surface area contributed by atoms with Crippen molar-refractivity contribution >= 4 is 49.2 Å². The van der Waals surface area contributed by atoms with Crippen LogP contribution in [0, 0.1) is 6.92 Å². The lowest BCUT2D eigenvalue weighted by molar-refractivity contribution is 0.647. The van der Waals surface area contributed by atoms with Crippen LogP contribution in [-0.2, 0) is 6.54 Å².